The van der Waals surface area contributed by atoms with E-state index in [0.29, 0.717) is 6.42 Å². The Labute approximate surface area is 191 Å². The van der Waals surface area contributed by atoms with Crippen LogP contribution in [-0.2, 0) is 15.1 Å². The number of carbonyl (C=O) groups excluding carboxylic acids is 2. The molecular weight excluding hydrogens is 396 g/mol. The molecule has 3 aromatic rings. The fourth-order valence-corrected chi connectivity index (χ4v) is 4.21. The highest BCUT2D eigenvalue weighted by Gasteiger charge is 2.39. The summed E-state index contributed by atoms with van der Waals surface area (Å²) in [7, 11) is 1.70. The third kappa shape index (κ3) is 4.66. The summed E-state index contributed by atoms with van der Waals surface area (Å²) in [4.78, 5) is 27.2. The molecule has 166 valence electrons. The second kappa shape index (κ2) is 10.4. The standard InChI is InChI=1S/C28H32N2O2/c1-5-26(31)22(3)30(4)27(32)21(2)29-28(23-15-9-6-10-16-23,24-17-11-7-12-18-24)25-19-13-8-14-20-25/h6-22,29H,5H2,1-4H3. The van der Waals surface area contributed by atoms with E-state index in [-0.39, 0.29) is 11.7 Å². The molecule has 3 aromatic carbocycles. The molecule has 0 saturated carbocycles. The number of amides is 1. The maximum Gasteiger partial charge on any atom is 0.239 e. The Kier molecular flexibility index (Phi) is 7.60. The summed E-state index contributed by atoms with van der Waals surface area (Å²) in [5.41, 5.74) is 2.38. The van der Waals surface area contributed by atoms with Crippen LogP contribution in [0, 0.1) is 0 Å². The molecule has 0 spiro atoms. The molecule has 3 rings (SSSR count). The molecule has 32 heavy (non-hydrogen) atoms. The SMILES string of the molecule is CCC(=O)C(C)N(C)C(=O)C(C)NC(c1ccccc1)(c1ccccc1)c1ccccc1. The molecule has 0 aliphatic carbocycles. The van der Waals surface area contributed by atoms with Crippen LogP contribution < -0.4 is 5.32 Å². The van der Waals surface area contributed by atoms with Gasteiger partial charge in [-0.15, -0.1) is 0 Å². The van der Waals surface area contributed by atoms with Crippen LogP contribution >= 0.6 is 0 Å². The molecular formula is C28H32N2O2. The number of nitrogens with one attached hydrogen (secondary N) is 1. The summed E-state index contributed by atoms with van der Waals surface area (Å²) in [5, 5.41) is 3.67. The van der Waals surface area contributed by atoms with Crippen molar-refractivity contribution in [1.29, 1.82) is 0 Å². The first kappa shape index (κ1) is 23.4. The average Bonchev–Trinajstić information content (AvgIpc) is 2.86. The zero-order valence-corrected chi connectivity index (χ0v) is 19.3. The molecule has 0 aromatic heterocycles. The van der Waals surface area contributed by atoms with E-state index in [9.17, 15) is 9.59 Å². The number of ketones is 1. The third-order valence-electron chi connectivity index (χ3n) is 6.17. The molecule has 4 heteroatoms. The first-order chi connectivity index (χ1) is 15.4. The lowest BCUT2D eigenvalue weighted by molar-refractivity contribution is -0.139. The first-order valence-electron chi connectivity index (χ1n) is 11.2. The van der Waals surface area contributed by atoms with Gasteiger partial charge in [-0.2, -0.15) is 0 Å². The molecule has 0 heterocycles. The van der Waals surface area contributed by atoms with Crippen LogP contribution in [0.15, 0.2) is 91.0 Å². The molecule has 4 nitrogen and oxygen atoms in total. The third-order valence-corrected chi connectivity index (χ3v) is 6.17. The second-order valence-corrected chi connectivity index (χ2v) is 8.16. The zero-order chi connectivity index (χ0) is 23.1. The molecule has 1 N–H and O–H groups in total. The number of carbonyl (C=O) groups is 2. The Balaban J connectivity index is 2.11. The number of hydrogen-bond donors (Lipinski definition) is 1. The highest BCUT2D eigenvalue weighted by Crippen LogP contribution is 2.37. The van der Waals surface area contributed by atoms with Gasteiger partial charge in [0.15, 0.2) is 5.78 Å². The number of rotatable bonds is 9. The van der Waals surface area contributed by atoms with Crippen molar-refractivity contribution in [3.05, 3.63) is 108 Å². The predicted molar refractivity (Wildman–Crippen MR) is 129 cm³/mol. The first-order valence-corrected chi connectivity index (χ1v) is 11.2. The van der Waals surface area contributed by atoms with Crippen molar-refractivity contribution < 1.29 is 9.59 Å². The van der Waals surface area contributed by atoms with Crippen LogP contribution in [0.4, 0.5) is 0 Å². The van der Waals surface area contributed by atoms with E-state index in [0.717, 1.165) is 16.7 Å². The van der Waals surface area contributed by atoms with Gasteiger partial charge in [0, 0.05) is 13.5 Å². The summed E-state index contributed by atoms with van der Waals surface area (Å²) < 4.78 is 0. The normalized spacial score (nSPS) is 13.2. The van der Waals surface area contributed by atoms with Gasteiger partial charge in [0.1, 0.15) is 0 Å². The summed E-state index contributed by atoms with van der Waals surface area (Å²) in [6.45, 7) is 5.48. The number of nitrogens with zero attached hydrogens (tertiary/aromatic N) is 1. The summed E-state index contributed by atoms with van der Waals surface area (Å²) >= 11 is 0. The fourth-order valence-electron chi connectivity index (χ4n) is 4.21. The Morgan fingerprint density at radius 2 is 1.16 bits per heavy atom. The van der Waals surface area contributed by atoms with E-state index in [1.54, 1.807) is 18.9 Å². The van der Waals surface area contributed by atoms with Gasteiger partial charge in [-0.05, 0) is 30.5 Å². The maximum atomic E-state index is 13.4. The molecule has 0 bridgehead atoms. The lowest BCUT2D eigenvalue weighted by atomic mass is 9.76. The lowest BCUT2D eigenvalue weighted by Crippen LogP contribution is -2.55. The van der Waals surface area contributed by atoms with Gasteiger partial charge in [-0.1, -0.05) is 97.9 Å². The Bertz CT molecular complexity index is 922. The molecule has 2 unspecified atom stereocenters. The predicted octanol–water partition coefficient (Wildman–Crippen LogP) is 4.78. The number of hydrogen-bond acceptors (Lipinski definition) is 3. The zero-order valence-electron chi connectivity index (χ0n) is 19.3. The molecule has 0 saturated heterocycles. The van der Waals surface area contributed by atoms with Crippen molar-refractivity contribution in [1.82, 2.24) is 10.2 Å². The molecule has 0 aliphatic rings. The Morgan fingerprint density at radius 1 is 0.781 bits per heavy atom. The molecule has 0 aliphatic heterocycles. The second-order valence-electron chi connectivity index (χ2n) is 8.16. The van der Waals surface area contributed by atoms with Crippen molar-refractivity contribution in [2.24, 2.45) is 0 Å². The van der Waals surface area contributed by atoms with E-state index in [2.05, 4.69) is 41.7 Å². The topological polar surface area (TPSA) is 49.4 Å². The average molecular weight is 429 g/mol. The number of Topliss-reactive ketones (excluding diaryl/α,β-unsaturated/α-hetero) is 1. The fraction of sp³-hybridized carbons (Fsp3) is 0.286. The number of benzene rings is 3. The quantitative estimate of drug-likeness (QED) is 0.499. The highest BCUT2D eigenvalue weighted by atomic mass is 16.2. The van der Waals surface area contributed by atoms with Crippen molar-refractivity contribution >= 4 is 11.7 Å². The van der Waals surface area contributed by atoms with E-state index in [1.807, 2.05) is 68.4 Å². The van der Waals surface area contributed by atoms with Crippen molar-refractivity contribution in [3.8, 4) is 0 Å². The van der Waals surface area contributed by atoms with E-state index in [4.69, 9.17) is 0 Å². The highest BCUT2D eigenvalue weighted by molar-refractivity contribution is 5.90. The van der Waals surface area contributed by atoms with Crippen molar-refractivity contribution in [2.75, 3.05) is 7.05 Å². The van der Waals surface area contributed by atoms with Crippen LogP contribution in [0.3, 0.4) is 0 Å². The van der Waals surface area contributed by atoms with Gasteiger partial charge in [0.2, 0.25) is 5.91 Å². The summed E-state index contributed by atoms with van der Waals surface area (Å²) in [6.07, 6.45) is 0.405. The van der Waals surface area contributed by atoms with Gasteiger partial charge >= 0.3 is 0 Å². The van der Waals surface area contributed by atoms with Crippen LogP contribution in [0.5, 0.6) is 0 Å². The van der Waals surface area contributed by atoms with Crippen LogP contribution in [0.25, 0.3) is 0 Å². The maximum absolute atomic E-state index is 13.4. The minimum Gasteiger partial charge on any atom is -0.335 e. The summed E-state index contributed by atoms with van der Waals surface area (Å²) in [5.74, 6) is -0.0695. The van der Waals surface area contributed by atoms with Crippen LogP contribution in [0.1, 0.15) is 43.9 Å². The van der Waals surface area contributed by atoms with Crippen LogP contribution in [0.2, 0.25) is 0 Å². The van der Waals surface area contributed by atoms with Gasteiger partial charge in [-0.25, -0.2) is 0 Å². The number of likely N-dealkylation sites (N-methyl/N-ethyl adjacent to an activating group) is 1. The summed E-state index contributed by atoms with van der Waals surface area (Å²) in [6, 6.07) is 29.5. The largest absolute Gasteiger partial charge is 0.335 e. The van der Waals surface area contributed by atoms with Crippen molar-refractivity contribution in [3.63, 3.8) is 0 Å². The van der Waals surface area contributed by atoms with E-state index < -0.39 is 17.6 Å². The van der Waals surface area contributed by atoms with Gasteiger partial charge < -0.3 is 4.90 Å². The monoisotopic (exact) mass is 428 g/mol. The Hall–Kier alpha value is -3.24. The molecule has 0 radical (unpaired) electrons. The molecule has 2 atom stereocenters. The van der Waals surface area contributed by atoms with E-state index >= 15 is 0 Å². The Morgan fingerprint density at radius 3 is 1.50 bits per heavy atom. The van der Waals surface area contributed by atoms with E-state index in [1.165, 1.54) is 0 Å². The van der Waals surface area contributed by atoms with Gasteiger partial charge in [0.25, 0.3) is 0 Å². The van der Waals surface area contributed by atoms with Crippen molar-refractivity contribution in [2.45, 2.75) is 44.8 Å². The smallest absolute Gasteiger partial charge is 0.239 e. The molecule has 0 fully saturated rings. The minimum absolute atomic E-state index is 0.0495. The van der Waals surface area contributed by atoms with Gasteiger partial charge in [0.05, 0.1) is 17.6 Å². The lowest BCUT2D eigenvalue weighted by Gasteiger charge is -2.40. The minimum atomic E-state index is -0.738. The molecule has 1 amide bonds. The van der Waals surface area contributed by atoms with Gasteiger partial charge in [-0.3, -0.25) is 14.9 Å². The van der Waals surface area contributed by atoms with Crippen LogP contribution in [-0.4, -0.2) is 35.7 Å².